The Hall–Kier alpha value is -0.730. The Kier molecular flexibility index (Phi) is 2.19. The van der Waals surface area contributed by atoms with Gasteiger partial charge in [-0.15, -0.1) is 0 Å². The summed E-state index contributed by atoms with van der Waals surface area (Å²) in [6, 6.07) is 0. The minimum absolute atomic E-state index is 0.162. The van der Waals surface area contributed by atoms with Gasteiger partial charge in [0.25, 0.3) is 0 Å². The van der Waals surface area contributed by atoms with Crippen molar-refractivity contribution in [3.63, 3.8) is 0 Å². The molecule has 0 aromatic carbocycles. The fourth-order valence-electron chi connectivity index (χ4n) is 0.282. The van der Waals surface area contributed by atoms with Gasteiger partial charge in [0.1, 0.15) is 0 Å². The average molecular weight is 101 g/mol. The fourth-order valence-corrected chi connectivity index (χ4v) is 0.282. The van der Waals surface area contributed by atoms with Crippen LogP contribution in [0.3, 0.4) is 0 Å². The monoisotopic (exact) mass is 101 g/mol. The molecule has 0 heterocycles. The summed E-state index contributed by atoms with van der Waals surface area (Å²) in [5, 5.41) is 15.0. The molecule has 0 aromatic heterocycles. The molecule has 0 spiro atoms. The van der Waals surface area contributed by atoms with E-state index in [4.69, 9.17) is 0 Å². The van der Waals surface area contributed by atoms with Crippen molar-refractivity contribution in [3.05, 3.63) is 0 Å². The summed E-state index contributed by atoms with van der Waals surface area (Å²) >= 11 is 0. The highest BCUT2D eigenvalue weighted by molar-refractivity contribution is 5.67. The first-order valence-corrected chi connectivity index (χ1v) is 2.02. The average Bonchev–Trinajstić information content (AvgIpc) is 1.27. The standard InChI is InChI=1S/C4H10N2O/c1-4(7)5-6(2)3/h1-3H3,(H,5,7)/p-1. The van der Waals surface area contributed by atoms with Gasteiger partial charge >= 0.3 is 0 Å². The van der Waals surface area contributed by atoms with Crippen LogP contribution in [-0.2, 0) is 0 Å². The van der Waals surface area contributed by atoms with Crippen LogP contribution in [0.4, 0.5) is 0 Å². The Morgan fingerprint density at radius 2 is 2.00 bits per heavy atom. The Morgan fingerprint density at radius 1 is 1.57 bits per heavy atom. The summed E-state index contributed by atoms with van der Waals surface area (Å²) in [6.07, 6.45) is 0. The van der Waals surface area contributed by atoms with Gasteiger partial charge in [-0.05, 0) is 12.8 Å². The number of hydrogen-bond acceptors (Lipinski definition) is 3. The highest BCUT2D eigenvalue weighted by atomic mass is 16.3. The maximum Gasteiger partial charge on any atom is 0.0244 e. The van der Waals surface area contributed by atoms with Gasteiger partial charge in [0.05, 0.1) is 0 Å². The fraction of sp³-hybridized carbons (Fsp3) is 0.750. The Labute approximate surface area is 43.3 Å². The third-order valence-electron chi connectivity index (χ3n) is 0.341. The van der Waals surface area contributed by atoms with Crippen molar-refractivity contribution in [1.82, 2.24) is 5.01 Å². The van der Waals surface area contributed by atoms with Crippen molar-refractivity contribution in [2.45, 2.75) is 6.92 Å². The summed E-state index contributed by atoms with van der Waals surface area (Å²) in [5.74, 6) is -0.162. The maximum absolute atomic E-state index is 10.0. The molecule has 0 atom stereocenters. The van der Waals surface area contributed by atoms with Crippen LogP contribution in [0.5, 0.6) is 0 Å². The van der Waals surface area contributed by atoms with E-state index in [0.717, 1.165) is 0 Å². The van der Waals surface area contributed by atoms with Crippen molar-refractivity contribution >= 4 is 5.90 Å². The summed E-state index contributed by atoms with van der Waals surface area (Å²) < 4.78 is 0. The molecule has 0 aromatic rings. The molecule has 42 valence electrons. The smallest absolute Gasteiger partial charge is 0.0244 e. The van der Waals surface area contributed by atoms with Gasteiger partial charge in [-0.3, -0.25) is 0 Å². The molecule has 7 heavy (non-hydrogen) atoms. The first kappa shape index (κ1) is 6.27. The highest BCUT2D eigenvalue weighted by Crippen LogP contribution is 1.71. The number of hydrazone groups is 1. The van der Waals surface area contributed by atoms with Crippen LogP contribution < -0.4 is 5.11 Å². The summed E-state index contributed by atoms with van der Waals surface area (Å²) in [6.45, 7) is 1.42. The molecule has 0 rings (SSSR count). The molecule has 0 unspecified atom stereocenters. The van der Waals surface area contributed by atoms with E-state index in [0.29, 0.717) is 0 Å². The lowest BCUT2D eigenvalue weighted by molar-refractivity contribution is -0.217. The van der Waals surface area contributed by atoms with E-state index in [9.17, 15) is 5.11 Å². The zero-order valence-corrected chi connectivity index (χ0v) is 4.80. The van der Waals surface area contributed by atoms with Crippen LogP contribution in [0, 0.1) is 0 Å². The lowest BCUT2D eigenvalue weighted by Crippen LogP contribution is -2.17. The molecule has 0 aliphatic heterocycles. The van der Waals surface area contributed by atoms with Crippen molar-refractivity contribution in [3.8, 4) is 0 Å². The van der Waals surface area contributed by atoms with Gasteiger partial charge in [0.15, 0.2) is 0 Å². The lowest BCUT2D eigenvalue weighted by Gasteiger charge is -2.08. The Bertz CT molecular complexity index is 73.8. The minimum Gasteiger partial charge on any atom is -0.861 e. The van der Waals surface area contributed by atoms with E-state index in [-0.39, 0.29) is 5.90 Å². The summed E-state index contributed by atoms with van der Waals surface area (Å²) in [4.78, 5) is 0. The summed E-state index contributed by atoms with van der Waals surface area (Å²) in [5.41, 5.74) is 0. The lowest BCUT2D eigenvalue weighted by atomic mass is 10.8. The molecule has 0 amide bonds. The Balaban J connectivity index is 3.45. The van der Waals surface area contributed by atoms with Crippen LogP contribution in [0.1, 0.15) is 6.92 Å². The first-order chi connectivity index (χ1) is 3.13. The largest absolute Gasteiger partial charge is 0.861 e. The van der Waals surface area contributed by atoms with E-state index in [1.165, 1.54) is 11.9 Å². The topological polar surface area (TPSA) is 38.7 Å². The van der Waals surface area contributed by atoms with Gasteiger partial charge in [-0.1, -0.05) is 0 Å². The van der Waals surface area contributed by atoms with Gasteiger partial charge in [0, 0.05) is 14.1 Å². The molecule has 0 aliphatic rings. The second-order valence-corrected chi connectivity index (χ2v) is 1.47. The van der Waals surface area contributed by atoms with Crippen LogP contribution in [-0.4, -0.2) is 25.0 Å². The van der Waals surface area contributed by atoms with Crippen LogP contribution in [0.25, 0.3) is 0 Å². The quantitative estimate of drug-likeness (QED) is 0.247. The Morgan fingerprint density at radius 3 is 2.00 bits per heavy atom. The van der Waals surface area contributed by atoms with Crippen molar-refractivity contribution in [2.75, 3.05) is 14.1 Å². The molecule has 0 aliphatic carbocycles. The number of hydrogen-bond donors (Lipinski definition) is 0. The maximum atomic E-state index is 10.0. The second-order valence-electron chi connectivity index (χ2n) is 1.47. The van der Waals surface area contributed by atoms with E-state index < -0.39 is 0 Å². The SMILES string of the molecule is CC([O-])=NN(C)C. The number of nitrogens with zero attached hydrogens (tertiary/aromatic N) is 2. The third-order valence-corrected chi connectivity index (χ3v) is 0.341. The zero-order chi connectivity index (χ0) is 5.86. The number of rotatable bonds is 1. The highest BCUT2D eigenvalue weighted by Gasteiger charge is 1.70. The molecule has 0 N–H and O–H groups in total. The third kappa shape index (κ3) is 5.27. The van der Waals surface area contributed by atoms with Crippen LogP contribution in [0.15, 0.2) is 5.10 Å². The normalized spacial score (nSPS) is 11.6. The minimum atomic E-state index is -0.162. The van der Waals surface area contributed by atoms with E-state index in [1.807, 2.05) is 0 Å². The van der Waals surface area contributed by atoms with E-state index >= 15 is 0 Å². The van der Waals surface area contributed by atoms with Gasteiger partial charge in [-0.2, -0.15) is 5.10 Å². The van der Waals surface area contributed by atoms with Crippen LogP contribution in [0.2, 0.25) is 0 Å². The van der Waals surface area contributed by atoms with Crippen molar-refractivity contribution in [2.24, 2.45) is 5.10 Å². The molecule has 0 radical (unpaired) electrons. The summed E-state index contributed by atoms with van der Waals surface area (Å²) in [7, 11) is 3.42. The van der Waals surface area contributed by atoms with Crippen molar-refractivity contribution < 1.29 is 5.11 Å². The predicted octanol–water partition coefficient (Wildman–Crippen LogP) is -0.758. The molecule has 3 heteroatoms. The van der Waals surface area contributed by atoms with Crippen LogP contribution >= 0.6 is 0 Å². The van der Waals surface area contributed by atoms with Gasteiger partial charge < -0.3 is 10.1 Å². The molecule has 0 saturated carbocycles. The van der Waals surface area contributed by atoms with E-state index in [1.54, 1.807) is 14.1 Å². The zero-order valence-electron chi connectivity index (χ0n) is 4.80. The van der Waals surface area contributed by atoms with Gasteiger partial charge in [0.2, 0.25) is 0 Å². The van der Waals surface area contributed by atoms with E-state index in [2.05, 4.69) is 5.10 Å². The second kappa shape index (κ2) is 2.44. The molecule has 0 fully saturated rings. The molecule has 3 nitrogen and oxygen atoms in total. The predicted molar refractivity (Wildman–Crippen MR) is 26.8 cm³/mol. The van der Waals surface area contributed by atoms with Gasteiger partial charge in [-0.25, -0.2) is 0 Å². The molecule has 0 saturated heterocycles. The molecular formula is C4H9N2O-. The van der Waals surface area contributed by atoms with Crippen molar-refractivity contribution in [1.29, 1.82) is 0 Å². The first-order valence-electron chi connectivity index (χ1n) is 2.02. The molecular weight excluding hydrogens is 92.1 g/mol. The molecule has 0 bridgehead atoms.